The molecule has 0 radical (unpaired) electrons. The van der Waals surface area contributed by atoms with Crippen molar-refractivity contribution >= 4 is 5.91 Å². The van der Waals surface area contributed by atoms with Gasteiger partial charge in [0.25, 0.3) is 0 Å². The average Bonchev–Trinajstić information content (AvgIpc) is 3.17. The lowest BCUT2D eigenvalue weighted by atomic mass is 9.97. The number of rotatable bonds is 5. The minimum absolute atomic E-state index is 0.0554. The lowest BCUT2D eigenvalue weighted by molar-refractivity contribution is -0.123. The summed E-state index contributed by atoms with van der Waals surface area (Å²) in [7, 11) is 0. The number of nitrogens with zero attached hydrogens (tertiary/aromatic N) is 1. The third kappa shape index (κ3) is 2.70. The van der Waals surface area contributed by atoms with Crippen LogP contribution in [0.2, 0.25) is 0 Å². The van der Waals surface area contributed by atoms with Gasteiger partial charge in [-0.25, -0.2) is 0 Å². The van der Waals surface area contributed by atoms with E-state index in [1.54, 1.807) is 6.20 Å². The van der Waals surface area contributed by atoms with Crippen LogP contribution in [-0.2, 0) is 10.2 Å². The Morgan fingerprint density at radius 1 is 1.56 bits per heavy atom. The summed E-state index contributed by atoms with van der Waals surface area (Å²) >= 11 is 0. The van der Waals surface area contributed by atoms with E-state index in [0.29, 0.717) is 6.54 Å². The Balaban J connectivity index is 1.93. The fourth-order valence-corrected chi connectivity index (χ4v) is 2.07. The van der Waals surface area contributed by atoms with Gasteiger partial charge >= 0.3 is 0 Å². The predicted molar refractivity (Wildman–Crippen MR) is 71.0 cm³/mol. The molecule has 18 heavy (non-hydrogen) atoms. The summed E-state index contributed by atoms with van der Waals surface area (Å²) in [6, 6.07) is 3.60. The number of aromatic nitrogens is 1. The van der Waals surface area contributed by atoms with E-state index in [1.165, 1.54) is 5.56 Å². The summed E-state index contributed by atoms with van der Waals surface area (Å²) in [4.78, 5) is 16.0. The first-order valence-corrected chi connectivity index (χ1v) is 6.49. The summed E-state index contributed by atoms with van der Waals surface area (Å²) in [5, 5.41) is 2.97. The molecule has 1 heterocycles. The molecule has 1 fully saturated rings. The molecular formula is C14H21N3O. The molecule has 98 valence electrons. The van der Waals surface area contributed by atoms with Crippen molar-refractivity contribution in [2.24, 2.45) is 11.7 Å². The summed E-state index contributed by atoms with van der Waals surface area (Å²) in [6.07, 6.45) is 5.88. The van der Waals surface area contributed by atoms with Gasteiger partial charge in [0.1, 0.15) is 0 Å². The molecule has 4 nitrogen and oxygen atoms in total. The predicted octanol–water partition coefficient (Wildman–Crippen LogP) is 1.21. The zero-order valence-corrected chi connectivity index (χ0v) is 11.0. The second-order valence-electron chi connectivity index (χ2n) is 5.51. The molecule has 1 unspecified atom stereocenters. The van der Waals surface area contributed by atoms with Crippen molar-refractivity contribution in [1.82, 2.24) is 10.3 Å². The molecule has 1 aromatic rings. The summed E-state index contributed by atoms with van der Waals surface area (Å²) in [5.74, 6) is 0.110. The fraction of sp³-hybridized carbons (Fsp3) is 0.571. The number of nitrogens with two attached hydrogens (primary N) is 1. The van der Waals surface area contributed by atoms with E-state index in [0.717, 1.165) is 12.8 Å². The molecule has 1 atom stereocenters. The van der Waals surface area contributed by atoms with Crippen molar-refractivity contribution in [3.63, 3.8) is 0 Å². The second-order valence-corrected chi connectivity index (χ2v) is 5.51. The van der Waals surface area contributed by atoms with Gasteiger partial charge in [-0.3, -0.25) is 9.78 Å². The summed E-state index contributed by atoms with van der Waals surface area (Å²) in [6.45, 7) is 4.58. The molecule has 1 aromatic heterocycles. The molecule has 1 amide bonds. The number of amides is 1. The Kier molecular flexibility index (Phi) is 3.66. The molecule has 4 heteroatoms. The fourth-order valence-electron chi connectivity index (χ4n) is 2.07. The number of nitrogens with one attached hydrogen (secondary N) is 1. The monoisotopic (exact) mass is 247 g/mol. The molecule has 0 aliphatic heterocycles. The smallest absolute Gasteiger partial charge is 0.237 e. The zero-order chi connectivity index (χ0) is 13.2. The van der Waals surface area contributed by atoms with Gasteiger partial charge in [-0.15, -0.1) is 0 Å². The maximum atomic E-state index is 11.8. The highest BCUT2D eigenvalue weighted by Gasteiger charge is 2.44. The van der Waals surface area contributed by atoms with Crippen molar-refractivity contribution in [3.05, 3.63) is 30.1 Å². The molecule has 0 saturated heterocycles. The van der Waals surface area contributed by atoms with Crippen molar-refractivity contribution in [3.8, 4) is 0 Å². The van der Waals surface area contributed by atoms with E-state index >= 15 is 0 Å². The van der Waals surface area contributed by atoms with E-state index in [1.807, 2.05) is 26.1 Å². The first-order chi connectivity index (χ1) is 8.55. The minimum Gasteiger partial charge on any atom is -0.354 e. The lowest BCUT2D eigenvalue weighted by Gasteiger charge is -2.19. The number of carbonyl (C=O) groups excluding carboxylic acids is 1. The van der Waals surface area contributed by atoms with Crippen LogP contribution in [0, 0.1) is 5.92 Å². The first kappa shape index (κ1) is 13.0. The van der Waals surface area contributed by atoms with Crippen LogP contribution in [0.3, 0.4) is 0 Å². The van der Waals surface area contributed by atoms with Gasteiger partial charge in [-0.2, -0.15) is 0 Å². The molecule has 1 aliphatic carbocycles. The third-order valence-electron chi connectivity index (χ3n) is 3.75. The van der Waals surface area contributed by atoms with Gasteiger partial charge in [-0.1, -0.05) is 19.9 Å². The van der Waals surface area contributed by atoms with E-state index < -0.39 is 6.04 Å². The molecule has 0 bridgehead atoms. The van der Waals surface area contributed by atoms with Gasteiger partial charge < -0.3 is 11.1 Å². The Bertz CT molecular complexity index is 412. The van der Waals surface area contributed by atoms with Gasteiger partial charge in [0.15, 0.2) is 0 Å². The Labute approximate surface area is 108 Å². The zero-order valence-electron chi connectivity index (χ0n) is 11.0. The number of hydrogen-bond donors (Lipinski definition) is 2. The van der Waals surface area contributed by atoms with Gasteiger partial charge in [-0.05, 0) is 30.4 Å². The van der Waals surface area contributed by atoms with Gasteiger partial charge in [0.05, 0.1) is 6.04 Å². The second kappa shape index (κ2) is 5.06. The van der Waals surface area contributed by atoms with Crippen molar-refractivity contribution in [2.45, 2.75) is 38.1 Å². The Hall–Kier alpha value is -1.42. The van der Waals surface area contributed by atoms with Crippen molar-refractivity contribution < 1.29 is 4.79 Å². The van der Waals surface area contributed by atoms with E-state index in [9.17, 15) is 4.79 Å². The number of hydrogen-bond acceptors (Lipinski definition) is 3. The van der Waals surface area contributed by atoms with Crippen LogP contribution in [0.1, 0.15) is 32.3 Å². The largest absolute Gasteiger partial charge is 0.354 e. The maximum absolute atomic E-state index is 11.8. The van der Waals surface area contributed by atoms with Crippen LogP contribution in [0.15, 0.2) is 24.5 Å². The highest BCUT2D eigenvalue weighted by molar-refractivity contribution is 5.81. The highest BCUT2D eigenvalue weighted by Crippen LogP contribution is 2.47. The van der Waals surface area contributed by atoms with Gasteiger partial charge in [0, 0.05) is 24.4 Å². The quantitative estimate of drug-likeness (QED) is 0.822. The third-order valence-corrected chi connectivity index (χ3v) is 3.75. The van der Waals surface area contributed by atoms with E-state index in [2.05, 4.69) is 16.4 Å². The molecule has 1 saturated carbocycles. The number of pyridine rings is 1. The van der Waals surface area contributed by atoms with Crippen LogP contribution in [0.25, 0.3) is 0 Å². The van der Waals surface area contributed by atoms with Crippen LogP contribution in [-0.4, -0.2) is 23.5 Å². The summed E-state index contributed by atoms with van der Waals surface area (Å²) < 4.78 is 0. The first-order valence-electron chi connectivity index (χ1n) is 6.49. The van der Waals surface area contributed by atoms with Crippen molar-refractivity contribution in [2.75, 3.05) is 6.54 Å². The topological polar surface area (TPSA) is 68.0 Å². The van der Waals surface area contributed by atoms with Crippen LogP contribution < -0.4 is 11.1 Å². The van der Waals surface area contributed by atoms with Crippen molar-refractivity contribution in [1.29, 1.82) is 0 Å². The minimum atomic E-state index is -0.422. The van der Waals surface area contributed by atoms with E-state index in [4.69, 9.17) is 5.73 Å². The van der Waals surface area contributed by atoms with Crippen LogP contribution in [0.5, 0.6) is 0 Å². The Morgan fingerprint density at radius 2 is 2.28 bits per heavy atom. The molecule has 1 aliphatic rings. The SMILES string of the molecule is CC(C)C(N)C(=O)NCC1(c2cccnc2)CC1. The van der Waals surface area contributed by atoms with Crippen LogP contribution in [0.4, 0.5) is 0 Å². The molecular weight excluding hydrogens is 226 g/mol. The molecule has 0 spiro atoms. The van der Waals surface area contributed by atoms with Gasteiger partial charge in [0.2, 0.25) is 5.91 Å². The van der Waals surface area contributed by atoms with Crippen LogP contribution >= 0.6 is 0 Å². The average molecular weight is 247 g/mol. The maximum Gasteiger partial charge on any atom is 0.237 e. The molecule has 3 N–H and O–H groups in total. The standard InChI is InChI=1S/C14H21N3O/c1-10(2)12(15)13(18)17-9-14(5-6-14)11-4-3-7-16-8-11/h3-4,7-8,10,12H,5-6,9,15H2,1-2H3,(H,17,18). The lowest BCUT2D eigenvalue weighted by Crippen LogP contribution is -2.46. The highest BCUT2D eigenvalue weighted by atomic mass is 16.2. The van der Waals surface area contributed by atoms with E-state index in [-0.39, 0.29) is 17.2 Å². The molecule has 0 aromatic carbocycles. The Morgan fingerprint density at radius 3 is 2.78 bits per heavy atom. The molecule has 2 rings (SSSR count). The number of carbonyl (C=O) groups is 1. The summed E-state index contributed by atoms with van der Waals surface area (Å²) in [5.41, 5.74) is 7.13. The normalized spacial score (nSPS) is 18.4.